The van der Waals surface area contributed by atoms with Crippen molar-refractivity contribution < 1.29 is 9.90 Å². The number of fused-ring (bicyclic) bond motifs is 1. The molecule has 0 saturated heterocycles. The molecule has 0 unspecified atom stereocenters. The van der Waals surface area contributed by atoms with Crippen LogP contribution in [0.25, 0.3) is 10.9 Å². The molecular formula is C15H14N4O2. The van der Waals surface area contributed by atoms with Gasteiger partial charge in [-0.25, -0.2) is 9.78 Å². The van der Waals surface area contributed by atoms with Crippen LogP contribution in [-0.4, -0.2) is 25.8 Å². The van der Waals surface area contributed by atoms with E-state index in [1.54, 1.807) is 10.7 Å². The van der Waals surface area contributed by atoms with Crippen molar-refractivity contribution in [3.8, 4) is 0 Å². The Morgan fingerprint density at radius 2 is 2.05 bits per heavy atom. The number of carboxylic acid groups (broad SMARTS) is 1. The van der Waals surface area contributed by atoms with E-state index in [9.17, 15) is 9.90 Å². The highest BCUT2D eigenvalue weighted by atomic mass is 16.4. The van der Waals surface area contributed by atoms with Crippen LogP contribution in [-0.2, 0) is 7.05 Å². The lowest BCUT2D eigenvalue weighted by atomic mass is 10.1. The van der Waals surface area contributed by atoms with Crippen LogP contribution < -0.4 is 5.32 Å². The summed E-state index contributed by atoms with van der Waals surface area (Å²) in [6, 6.07) is 8.97. The first-order chi connectivity index (χ1) is 10.0. The van der Waals surface area contributed by atoms with Crippen molar-refractivity contribution in [1.29, 1.82) is 0 Å². The molecule has 0 aliphatic carbocycles. The molecular weight excluding hydrogens is 268 g/mol. The first-order valence-electron chi connectivity index (χ1n) is 6.45. The number of aromatic nitrogens is 3. The molecule has 0 spiro atoms. The van der Waals surface area contributed by atoms with Crippen molar-refractivity contribution in [3.63, 3.8) is 0 Å². The van der Waals surface area contributed by atoms with Gasteiger partial charge < -0.3 is 10.4 Å². The molecule has 0 aliphatic heterocycles. The predicted molar refractivity (Wildman–Crippen MR) is 79.9 cm³/mol. The first kappa shape index (κ1) is 13.1. The van der Waals surface area contributed by atoms with Crippen LogP contribution in [0, 0.1) is 6.92 Å². The number of aryl methyl sites for hydroxylation is 2. The second-order valence-electron chi connectivity index (χ2n) is 4.80. The minimum Gasteiger partial charge on any atom is -0.477 e. The maximum Gasteiger partial charge on any atom is 0.354 e. The number of benzene rings is 1. The van der Waals surface area contributed by atoms with Gasteiger partial charge in [0.1, 0.15) is 0 Å². The number of nitrogens with one attached hydrogen (secondary N) is 1. The fraction of sp³-hybridized carbons (Fsp3) is 0.133. The Bertz CT molecular complexity index is 839. The second kappa shape index (κ2) is 4.90. The highest BCUT2D eigenvalue weighted by molar-refractivity contribution is 5.98. The number of rotatable bonds is 3. The summed E-state index contributed by atoms with van der Waals surface area (Å²) in [5.74, 6) is -1.05. The van der Waals surface area contributed by atoms with E-state index in [4.69, 9.17) is 0 Å². The zero-order chi connectivity index (χ0) is 15.0. The Morgan fingerprint density at radius 3 is 2.71 bits per heavy atom. The van der Waals surface area contributed by atoms with Gasteiger partial charge in [0.25, 0.3) is 0 Å². The Hall–Kier alpha value is -2.89. The van der Waals surface area contributed by atoms with Gasteiger partial charge in [-0.15, -0.1) is 0 Å². The molecule has 0 aliphatic rings. The molecule has 6 nitrogen and oxygen atoms in total. The van der Waals surface area contributed by atoms with Gasteiger partial charge in [-0.05, 0) is 19.1 Å². The SMILES string of the molecule is Cc1nn(C)cc1Nc1cc(C(=O)O)nc2ccccc12. The van der Waals surface area contributed by atoms with E-state index in [2.05, 4.69) is 15.4 Å². The van der Waals surface area contributed by atoms with Gasteiger partial charge in [-0.2, -0.15) is 5.10 Å². The Labute approximate surface area is 121 Å². The number of hydrogen-bond acceptors (Lipinski definition) is 4. The third kappa shape index (κ3) is 2.43. The van der Waals surface area contributed by atoms with Gasteiger partial charge >= 0.3 is 5.97 Å². The minimum absolute atomic E-state index is 0.0118. The van der Waals surface area contributed by atoms with Gasteiger partial charge in [0.2, 0.25) is 0 Å². The molecule has 0 bridgehead atoms. The summed E-state index contributed by atoms with van der Waals surface area (Å²) in [4.78, 5) is 15.4. The summed E-state index contributed by atoms with van der Waals surface area (Å²) in [7, 11) is 1.84. The number of anilines is 2. The number of pyridine rings is 1. The molecule has 6 heteroatoms. The number of nitrogens with zero attached hydrogens (tertiary/aromatic N) is 3. The smallest absolute Gasteiger partial charge is 0.354 e. The van der Waals surface area contributed by atoms with E-state index in [-0.39, 0.29) is 5.69 Å². The summed E-state index contributed by atoms with van der Waals surface area (Å²) in [6.07, 6.45) is 1.85. The van der Waals surface area contributed by atoms with E-state index in [1.807, 2.05) is 38.4 Å². The molecule has 0 fully saturated rings. The van der Waals surface area contributed by atoms with Gasteiger partial charge in [0.05, 0.1) is 22.6 Å². The van der Waals surface area contributed by atoms with Crippen LogP contribution in [0.5, 0.6) is 0 Å². The van der Waals surface area contributed by atoms with Crippen LogP contribution in [0.2, 0.25) is 0 Å². The van der Waals surface area contributed by atoms with Crippen molar-refractivity contribution in [1.82, 2.24) is 14.8 Å². The summed E-state index contributed by atoms with van der Waals surface area (Å²) < 4.78 is 1.71. The zero-order valence-electron chi connectivity index (χ0n) is 11.7. The second-order valence-corrected chi connectivity index (χ2v) is 4.80. The third-order valence-corrected chi connectivity index (χ3v) is 3.22. The molecule has 0 atom stereocenters. The Kier molecular flexibility index (Phi) is 3.06. The minimum atomic E-state index is -1.05. The molecule has 3 aromatic rings. The van der Waals surface area contributed by atoms with E-state index in [0.29, 0.717) is 11.2 Å². The average molecular weight is 282 g/mol. The van der Waals surface area contributed by atoms with Crippen LogP contribution in [0.1, 0.15) is 16.2 Å². The molecule has 106 valence electrons. The topological polar surface area (TPSA) is 80.0 Å². The highest BCUT2D eigenvalue weighted by Crippen LogP contribution is 2.27. The van der Waals surface area contributed by atoms with Crippen molar-refractivity contribution >= 4 is 28.2 Å². The molecule has 1 aromatic carbocycles. The molecule has 0 saturated carbocycles. The monoisotopic (exact) mass is 282 g/mol. The van der Waals surface area contributed by atoms with Crippen LogP contribution in [0.4, 0.5) is 11.4 Å². The summed E-state index contributed by atoms with van der Waals surface area (Å²) in [6.45, 7) is 1.89. The van der Waals surface area contributed by atoms with Gasteiger partial charge in [-0.3, -0.25) is 4.68 Å². The number of aromatic carboxylic acids is 1. The zero-order valence-corrected chi connectivity index (χ0v) is 11.7. The predicted octanol–water partition coefficient (Wildman–Crippen LogP) is 2.72. The van der Waals surface area contributed by atoms with Gasteiger partial charge in [0, 0.05) is 18.6 Å². The lowest BCUT2D eigenvalue weighted by Gasteiger charge is -2.09. The van der Waals surface area contributed by atoms with E-state index >= 15 is 0 Å². The van der Waals surface area contributed by atoms with Crippen LogP contribution in [0.15, 0.2) is 36.5 Å². The summed E-state index contributed by atoms with van der Waals surface area (Å²) in [5.41, 5.74) is 3.04. The Balaban J connectivity index is 2.16. The molecule has 0 amide bonds. The maximum absolute atomic E-state index is 11.2. The molecule has 0 radical (unpaired) electrons. The fourth-order valence-electron chi connectivity index (χ4n) is 2.26. The fourth-order valence-corrected chi connectivity index (χ4v) is 2.26. The number of carboxylic acids is 1. The molecule has 2 heterocycles. The van der Waals surface area contributed by atoms with Crippen LogP contribution >= 0.6 is 0 Å². The molecule has 21 heavy (non-hydrogen) atoms. The number of hydrogen-bond donors (Lipinski definition) is 2. The Morgan fingerprint density at radius 1 is 1.29 bits per heavy atom. The summed E-state index contributed by atoms with van der Waals surface area (Å²) >= 11 is 0. The lowest BCUT2D eigenvalue weighted by molar-refractivity contribution is 0.0691. The van der Waals surface area contributed by atoms with E-state index < -0.39 is 5.97 Å². The van der Waals surface area contributed by atoms with Crippen molar-refractivity contribution in [2.24, 2.45) is 7.05 Å². The van der Waals surface area contributed by atoms with Crippen molar-refractivity contribution in [2.45, 2.75) is 6.92 Å². The van der Waals surface area contributed by atoms with E-state index in [1.165, 1.54) is 6.07 Å². The van der Waals surface area contributed by atoms with Gasteiger partial charge in [-0.1, -0.05) is 18.2 Å². The highest BCUT2D eigenvalue weighted by Gasteiger charge is 2.12. The normalized spacial score (nSPS) is 10.8. The average Bonchev–Trinajstić information content (AvgIpc) is 2.76. The molecule has 3 rings (SSSR count). The largest absolute Gasteiger partial charge is 0.477 e. The van der Waals surface area contributed by atoms with Gasteiger partial charge in [0.15, 0.2) is 5.69 Å². The van der Waals surface area contributed by atoms with E-state index in [0.717, 1.165) is 16.8 Å². The number of carbonyl (C=O) groups is 1. The van der Waals surface area contributed by atoms with Crippen molar-refractivity contribution in [2.75, 3.05) is 5.32 Å². The lowest BCUT2D eigenvalue weighted by Crippen LogP contribution is -2.03. The molecule has 2 N–H and O–H groups in total. The quantitative estimate of drug-likeness (QED) is 0.772. The maximum atomic E-state index is 11.2. The first-order valence-corrected chi connectivity index (χ1v) is 6.45. The standard InChI is InChI=1S/C15H14N4O2/c1-9-14(8-19(2)18-9)17-12-7-13(15(20)21)16-11-6-4-3-5-10(11)12/h3-8H,1-2H3,(H,16,17)(H,20,21). The van der Waals surface area contributed by atoms with Crippen molar-refractivity contribution in [3.05, 3.63) is 47.9 Å². The summed E-state index contributed by atoms with van der Waals surface area (Å²) in [5, 5.41) is 17.6. The third-order valence-electron chi connectivity index (χ3n) is 3.22. The van der Waals surface area contributed by atoms with Crippen LogP contribution in [0.3, 0.4) is 0 Å². The molecule has 2 aromatic heterocycles. The number of para-hydroxylation sites is 1.